The second-order valence-electron chi connectivity index (χ2n) is 6.20. The van der Waals surface area contributed by atoms with E-state index in [2.05, 4.69) is 16.8 Å². The summed E-state index contributed by atoms with van der Waals surface area (Å²) in [6.07, 6.45) is 3.22. The minimum atomic E-state index is -0.215. The highest BCUT2D eigenvalue weighted by molar-refractivity contribution is 7.98. The maximum Gasteiger partial charge on any atom is 0.191 e. The van der Waals surface area contributed by atoms with Crippen molar-refractivity contribution < 1.29 is 9.13 Å². The summed E-state index contributed by atoms with van der Waals surface area (Å²) in [7, 11) is 0. The zero-order chi connectivity index (χ0) is 20.6. The number of hydrogen-bond acceptors (Lipinski definition) is 4. The Morgan fingerprint density at radius 1 is 1.17 bits per heavy atom. The minimum absolute atomic E-state index is 0.215. The molecule has 4 nitrogen and oxygen atoms in total. The number of allylic oxidation sites excluding steroid dienone is 1. The van der Waals surface area contributed by atoms with Gasteiger partial charge in [0.05, 0.1) is 11.6 Å². The molecule has 0 amide bonds. The second-order valence-corrected chi connectivity index (χ2v) is 7.99. The number of benzene rings is 2. The third-order valence-electron chi connectivity index (χ3n) is 4.12. The normalized spacial score (nSPS) is 10.9. The lowest BCUT2D eigenvalue weighted by Gasteiger charge is -2.10. The van der Waals surface area contributed by atoms with Crippen molar-refractivity contribution in [2.75, 3.05) is 6.61 Å². The summed E-state index contributed by atoms with van der Waals surface area (Å²) in [6.45, 7) is 4.88. The Balaban J connectivity index is 1.57. The number of hydrogen-bond donors (Lipinski definition) is 0. The average Bonchev–Trinajstić information content (AvgIpc) is 3.08. The molecule has 0 aliphatic carbocycles. The van der Waals surface area contributed by atoms with Gasteiger partial charge >= 0.3 is 0 Å². The monoisotopic (exact) mass is 451 g/mol. The van der Waals surface area contributed by atoms with Crippen LogP contribution in [0.4, 0.5) is 4.39 Å². The summed E-state index contributed by atoms with van der Waals surface area (Å²) in [6, 6.07) is 11.9. The van der Waals surface area contributed by atoms with E-state index in [1.54, 1.807) is 36.4 Å². The molecular formula is C21H20Cl2FN3OS. The summed E-state index contributed by atoms with van der Waals surface area (Å²) in [5.74, 6) is 1.71. The Labute approximate surface area is 183 Å². The van der Waals surface area contributed by atoms with Gasteiger partial charge in [0.25, 0.3) is 0 Å². The molecule has 1 heterocycles. The number of aromatic nitrogens is 3. The van der Waals surface area contributed by atoms with Gasteiger partial charge in [-0.1, -0.05) is 59.2 Å². The first-order chi connectivity index (χ1) is 14.1. The highest BCUT2D eigenvalue weighted by atomic mass is 35.5. The number of rotatable bonds is 10. The van der Waals surface area contributed by atoms with Crippen LogP contribution < -0.4 is 4.74 Å². The SMILES string of the molecule is C=CCn1c(CCCOc2ccc(Cl)cc2Cl)nnc1SCc1ccccc1F. The van der Waals surface area contributed by atoms with Gasteiger partial charge in [0.2, 0.25) is 0 Å². The van der Waals surface area contributed by atoms with Gasteiger partial charge in [-0.05, 0) is 36.2 Å². The van der Waals surface area contributed by atoms with E-state index >= 15 is 0 Å². The third kappa shape index (κ3) is 5.98. The molecule has 0 N–H and O–H groups in total. The number of thioether (sulfide) groups is 1. The van der Waals surface area contributed by atoms with E-state index in [0.717, 1.165) is 17.4 Å². The zero-order valence-corrected chi connectivity index (χ0v) is 18.0. The summed E-state index contributed by atoms with van der Waals surface area (Å²) >= 11 is 13.5. The van der Waals surface area contributed by atoms with Gasteiger partial charge in [-0.3, -0.25) is 0 Å². The molecule has 1 aromatic heterocycles. The molecule has 0 radical (unpaired) electrons. The van der Waals surface area contributed by atoms with Crippen LogP contribution in [0.5, 0.6) is 5.75 Å². The molecule has 0 saturated carbocycles. The van der Waals surface area contributed by atoms with Crippen molar-refractivity contribution in [2.45, 2.75) is 30.3 Å². The predicted molar refractivity (Wildman–Crippen MR) is 116 cm³/mol. The molecule has 2 aromatic carbocycles. The number of nitrogens with zero attached hydrogens (tertiary/aromatic N) is 3. The number of halogens is 3. The molecule has 0 bridgehead atoms. The van der Waals surface area contributed by atoms with Crippen molar-refractivity contribution in [2.24, 2.45) is 0 Å². The zero-order valence-electron chi connectivity index (χ0n) is 15.7. The van der Waals surface area contributed by atoms with Crippen molar-refractivity contribution in [3.63, 3.8) is 0 Å². The van der Waals surface area contributed by atoms with Crippen LogP contribution in [0.2, 0.25) is 10.0 Å². The van der Waals surface area contributed by atoms with Crippen molar-refractivity contribution in [3.8, 4) is 5.75 Å². The topological polar surface area (TPSA) is 39.9 Å². The lowest BCUT2D eigenvalue weighted by atomic mass is 10.2. The second kappa shape index (κ2) is 10.7. The molecule has 0 fully saturated rings. The minimum Gasteiger partial charge on any atom is -0.492 e. The highest BCUT2D eigenvalue weighted by Gasteiger charge is 2.13. The van der Waals surface area contributed by atoms with Crippen molar-refractivity contribution >= 4 is 35.0 Å². The van der Waals surface area contributed by atoms with Crippen LogP contribution in [0.1, 0.15) is 17.8 Å². The van der Waals surface area contributed by atoms with Crippen LogP contribution in [-0.4, -0.2) is 21.4 Å². The van der Waals surface area contributed by atoms with Crippen LogP contribution >= 0.6 is 35.0 Å². The van der Waals surface area contributed by atoms with E-state index < -0.39 is 0 Å². The van der Waals surface area contributed by atoms with Gasteiger partial charge in [-0.2, -0.15) is 0 Å². The third-order valence-corrected chi connectivity index (χ3v) is 5.66. The first-order valence-electron chi connectivity index (χ1n) is 9.05. The molecule has 0 aliphatic heterocycles. The Kier molecular flexibility index (Phi) is 7.98. The molecule has 29 heavy (non-hydrogen) atoms. The largest absolute Gasteiger partial charge is 0.492 e. The lowest BCUT2D eigenvalue weighted by molar-refractivity contribution is 0.309. The molecule has 0 atom stereocenters. The van der Waals surface area contributed by atoms with Crippen LogP contribution in [0.25, 0.3) is 0 Å². The molecule has 0 aliphatic rings. The Morgan fingerprint density at radius 2 is 2.00 bits per heavy atom. The number of ether oxygens (including phenoxy) is 1. The fraction of sp³-hybridized carbons (Fsp3) is 0.238. The van der Waals surface area contributed by atoms with Gasteiger partial charge in [0.1, 0.15) is 17.4 Å². The Bertz CT molecular complexity index is 980. The Morgan fingerprint density at radius 3 is 2.76 bits per heavy atom. The molecule has 152 valence electrons. The summed E-state index contributed by atoms with van der Waals surface area (Å²) in [5, 5.41) is 10.4. The fourth-order valence-corrected chi connectivity index (χ4v) is 4.10. The lowest BCUT2D eigenvalue weighted by Crippen LogP contribution is -2.07. The summed E-state index contributed by atoms with van der Waals surface area (Å²) < 4.78 is 21.6. The van der Waals surface area contributed by atoms with Crippen LogP contribution in [0.15, 0.2) is 60.3 Å². The van der Waals surface area contributed by atoms with Crippen molar-refractivity contribution in [1.29, 1.82) is 0 Å². The van der Waals surface area contributed by atoms with E-state index in [0.29, 0.717) is 46.7 Å². The van der Waals surface area contributed by atoms with Gasteiger partial charge in [-0.25, -0.2) is 4.39 Å². The maximum atomic E-state index is 13.8. The van der Waals surface area contributed by atoms with E-state index in [1.807, 2.05) is 10.6 Å². The first-order valence-corrected chi connectivity index (χ1v) is 10.8. The van der Waals surface area contributed by atoms with E-state index in [-0.39, 0.29) is 5.82 Å². The summed E-state index contributed by atoms with van der Waals surface area (Å²) in [4.78, 5) is 0. The fourth-order valence-electron chi connectivity index (χ4n) is 2.69. The molecule has 3 aromatic rings. The Hall–Kier alpha value is -2.02. The van der Waals surface area contributed by atoms with Gasteiger partial charge < -0.3 is 9.30 Å². The standard InChI is InChI=1S/C21H20Cl2FN3OS/c1-2-11-27-20(8-5-12-28-19-10-9-16(22)13-17(19)23)25-26-21(27)29-14-15-6-3-4-7-18(15)24/h2-4,6-7,9-10,13H,1,5,8,11-12,14H2. The highest BCUT2D eigenvalue weighted by Crippen LogP contribution is 2.28. The van der Waals surface area contributed by atoms with Crippen LogP contribution in [-0.2, 0) is 18.7 Å². The van der Waals surface area contributed by atoms with Crippen LogP contribution in [0, 0.1) is 5.82 Å². The van der Waals surface area contributed by atoms with Crippen molar-refractivity contribution in [3.05, 3.63) is 82.4 Å². The van der Waals surface area contributed by atoms with E-state index in [1.165, 1.54) is 17.8 Å². The molecule has 0 spiro atoms. The smallest absolute Gasteiger partial charge is 0.191 e. The molecule has 3 rings (SSSR count). The predicted octanol–water partition coefficient (Wildman–Crippen LogP) is 6.21. The number of aryl methyl sites for hydroxylation is 1. The average molecular weight is 452 g/mol. The molecule has 8 heteroatoms. The quantitative estimate of drug-likeness (QED) is 0.208. The molecule has 0 unspecified atom stereocenters. The van der Waals surface area contributed by atoms with Gasteiger partial charge in [0.15, 0.2) is 5.16 Å². The first kappa shape index (κ1) is 21.7. The van der Waals surface area contributed by atoms with Gasteiger partial charge in [0, 0.05) is 23.7 Å². The molecular weight excluding hydrogens is 432 g/mol. The van der Waals surface area contributed by atoms with E-state index in [4.69, 9.17) is 27.9 Å². The maximum absolute atomic E-state index is 13.8. The van der Waals surface area contributed by atoms with E-state index in [9.17, 15) is 4.39 Å². The van der Waals surface area contributed by atoms with Crippen LogP contribution in [0.3, 0.4) is 0 Å². The molecule has 0 saturated heterocycles. The van der Waals surface area contributed by atoms with Crippen molar-refractivity contribution in [1.82, 2.24) is 14.8 Å². The van der Waals surface area contributed by atoms with Gasteiger partial charge in [-0.15, -0.1) is 16.8 Å². The summed E-state index contributed by atoms with van der Waals surface area (Å²) in [5.41, 5.74) is 0.639.